The van der Waals surface area contributed by atoms with Crippen molar-refractivity contribution in [3.63, 3.8) is 0 Å². The van der Waals surface area contributed by atoms with Crippen molar-refractivity contribution in [3.8, 4) is 5.69 Å². The van der Waals surface area contributed by atoms with Gasteiger partial charge in [-0.2, -0.15) is 4.68 Å². The van der Waals surface area contributed by atoms with Gasteiger partial charge in [0.25, 0.3) is 5.91 Å². The van der Waals surface area contributed by atoms with Gasteiger partial charge in [0, 0.05) is 17.7 Å². The summed E-state index contributed by atoms with van der Waals surface area (Å²) in [5.74, 6) is 1.01. The highest BCUT2D eigenvalue weighted by atomic mass is 16.5. The molecule has 1 aliphatic rings. The molecule has 0 bridgehead atoms. The lowest BCUT2D eigenvalue weighted by atomic mass is 10.2. The van der Waals surface area contributed by atoms with Gasteiger partial charge in [-0.3, -0.25) is 4.79 Å². The Labute approximate surface area is 131 Å². The molecule has 1 fully saturated rings. The van der Waals surface area contributed by atoms with E-state index in [0.29, 0.717) is 17.4 Å². The summed E-state index contributed by atoms with van der Waals surface area (Å²) in [5.41, 5.74) is 2.25. The van der Waals surface area contributed by atoms with Crippen molar-refractivity contribution in [2.45, 2.75) is 25.7 Å². The molecule has 3 aromatic rings. The number of nitrogens with zero attached hydrogens (tertiary/aromatic N) is 5. The number of tetrazole rings is 1. The molecule has 1 N–H and O–H groups in total. The fourth-order valence-corrected chi connectivity index (χ4v) is 2.35. The second-order valence-electron chi connectivity index (χ2n) is 5.53. The molecule has 2 aromatic heterocycles. The molecule has 1 saturated carbocycles. The summed E-state index contributed by atoms with van der Waals surface area (Å²) in [6, 6.07) is 8.97. The molecule has 0 unspecified atom stereocenters. The van der Waals surface area contributed by atoms with E-state index in [1.165, 1.54) is 0 Å². The number of rotatable bonds is 4. The van der Waals surface area contributed by atoms with E-state index in [-0.39, 0.29) is 11.7 Å². The summed E-state index contributed by atoms with van der Waals surface area (Å²) < 4.78 is 6.71. The minimum atomic E-state index is -0.324. The third kappa shape index (κ3) is 2.70. The first-order valence-corrected chi connectivity index (χ1v) is 7.34. The molecule has 0 spiro atoms. The highest BCUT2D eigenvalue weighted by Crippen LogP contribution is 2.39. The monoisotopic (exact) mass is 310 g/mol. The Bertz CT molecular complexity index is 864. The van der Waals surface area contributed by atoms with Crippen molar-refractivity contribution >= 4 is 11.6 Å². The van der Waals surface area contributed by atoms with Crippen molar-refractivity contribution in [2.24, 2.45) is 0 Å². The first-order chi connectivity index (χ1) is 11.2. The number of benzene rings is 1. The van der Waals surface area contributed by atoms with Crippen LogP contribution in [0.1, 0.15) is 40.8 Å². The SMILES string of the molecule is Cc1nnnn1-c1cccc(NC(=O)c2cc(C3CC3)no2)c1. The van der Waals surface area contributed by atoms with Crippen molar-refractivity contribution in [3.05, 3.63) is 47.6 Å². The maximum atomic E-state index is 12.2. The van der Waals surface area contributed by atoms with Gasteiger partial charge in [0.15, 0.2) is 5.82 Å². The molecule has 8 nitrogen and oxygen atoms in total. The number of amides is 1. The van der Waals surface area contributed by atoms with E-state index in [9.17, 15) is 4.79 Å². The summed E-state index contributed by atoms with van der Waals surface area (Å²) >= 11 is 0. The number of hydrogen-bond acceptors (Lipinski definition) is 6. The molecule has 1 aromatic carbocycles. The first kappa shape index (κ1) is 13.6. The Kier molecular flexibility index (Phi) is 3.14. The molecule has 0 radical (unpaired) electrons. The molecular formula is C15H14N6O2. The number of anilines is 1. The fraction of sp³-hybridized carbons (Fsp3) is 0.267. The van der Waals surface area contributed by atoms with Crippen LogP contribution in [0.25, 0.3) is 5.69 Å². The summed E-state index contributed by atoms with van der Waals surface area (Å²) in [7, 11) is 0. The maximum absolute atomic E-state index is 12.2. The number of nitrogens with one attached hydrogen (secondary N) is 1. The second-order valence-corrected chi connectivity index (χ2v) is 5.53. The number of aryl methyl sites for hydroxylation is 1. The number of carbonyl (C=O) groups excluding carboxylic acids is 1. The molecule has 23 heavy (non-hydrogen) atoms. The molecule has 1 aliphatic carbocycles. The van der Waals surface area contributed by atoms with Gasteiger partial charge in [0.05, 0.1) is 11.4 Å². The molecule has 2 heterocycles. The molecule has 116 valence electrons. The third-order valence-electron chi connectivity index (χ3n) is 3.72. The van der Waals surface area contributed by atoms with Gasteiger partial charge in [0.1, 0.15) is 0 Å². The maximum Gasteiger partial charge on any atom is 0.294 e. The first-order valence-electron chi connectivity index (χ1n) is 7.34. The summed E-state index contributed by atoms with van der Waals surface area (Å²) in [6.45, 7) is 1.80. The molecule has 0 aliphatic heterocycles. The van der Waals surface area contributed by atoms with Crippen LogP contribution in [-0.2, 0) is 0 Å². The van der Waals surface area contributed by atoms with Gasteiger partial charge in [-0.05, 0) is 48.4 Å². The van der Waals surface area contributed by atoms with E-state index in [1.807, 2.05) is 12.1 Å². The van der Waals surface area contributed by atoms with Gasteiger partial charge in [-0.25, -0.2) is 0 Å². The van der Waals surface area contributed by atoms with Crippen LogP contribution in [0.5, 0.6) is 0 Å². The van der Waals surface area contributed by atoms with E-state index >= 15 is 0 Å². The van der Waals surface area contributed by atoms with Crippen LogP contribution in [0.2, 0.25) is 0 Å². The summed E-state index contributed by atoms with van der Waals surface area (Å²) in [4.78, 5) is 12.2. The van der Waals surface area contributed by atoms with Crippen LogP contribution >= 0.6 is 0 Å². The van der Waals surface area contributed by atoms with Crippen LogP contribution in [0, 0.1) is 6.92 Å². The molecule has 1 amide bonds. The quantitative estimate of drug-likeness (QED) is 0.792. The Balaban J connectivity index is 1.54. The van der Waals surface area contributed by atoms with Crippen molar-refractivity contribution < 1.29 is 9.32 Å². The van der Waals surface area contributed by atoms with Gasteiger partial charge in [-0.15, -0.1) is 5.10 Å². The predicted octanol–water partition coefficient (Wildman–Crippen LogP) is 2.09. The number of aromatic nitrogens is 5. The van der Waals surface area contributed by atoms with E-state index in [1.54, 1.807) is 29.8 Å². The average molecular weight is 310 g/mol. The van der Waals surface area contributed by atoms with Crippen LogP contribution in [-0.4, -0.2) is 31.3 Å². The van der Waals surface area contributed by atoms with Gasteiger partial charge < -0.3 is 9.84 Å². The normalized spacial score (nSPS) is 14.0. The van der Waals surface area contributed by atoms with Crippen LogP contribution in [0.3, 0.4) is 0 Å². The van der Waals surface area contributed by atoms with Crippen molar-refractivity contribution in [1.29, 1.82) is 0 Å². The van der Waals surface area contributed by atoms with Crippen LogP contribution in [0.15, 0.2) is 34.9 Å². The molecule has 0 saturated heterocycles. The number of hydrogen-bond donors (Lipinski definition) is 1. The zero-order chi connectivity index (χ0) is 15.8. The van der Waals surface area contributed by atoms with Gasteiger partial charge >= 0.3 is 0 Å². The highest BCUT2D eigenvalue weighted by Gasteiger charge is 2.28. The Morgan fingerprint density at radius 1 is 1.35 bits per heavy atom. The average Bonchev–Trinajstić information content (AvgIpc) is 3.11. The number of carbonyl (C=O) groups is 1. The minimum Gasteiger partial charge on any atom is -0.351 e. The van der Waals surface area contributed by atoms with E-state index < -0.39 is 0 Å². The standard InChI is InChI=1S/C15H14N6O2/c1-9-17-19-20-21(9)12-4-2-3-11(7-12)16-15(22)14-8-13(18-23-14)10-5-6-10/h2-4,7-8,10H,5-6H2,1H3,(H,16,22). The van der Waals surface area contributed by atoms with E-state index in [0.717, 1.165) is 24.2 Å². The Hall–Kier alpha value is -3.03. The van der Waals surface area contributed by atoms with E-state index in [2.05, 4.69) is 26.0 Å². The second kappa shape index (κ2) is 5.31. The highest BCUT2D eigenvalue weighted by molar-refractivity contribution is 6.02. The van der Waals surface area contributed by atoms with Crippen molar-refractivity contribution in [2.75, 3.05) is 5.32 Å². The summed E-state index contributed by atoms with van der Waals surface area (Å²) in [6.07, 6.45) is 2.22. The van der Waals surface area contributed by atoms with Crippen LogP contribution < -0.4 is 5.32 Å². The molecule has 4 rings (SSSR count). The zero-order valence-corrected chi connectivity index (χ0v) is 12.4. The van der Waals surface area contributed by atoms with Gasteiger partial charge in [0.2, 0.25) is 5.76 Å². The molecule has 0 atom stereocenters. The van der Waals surface area contributed by atoms with Crippen LogP contribution in [0.4, 0.5) is 5.69 Å². The Morgan fingerprint density at radius 2 is 2.22 bits per heavy atom. The zero-order valence-electron chi connectivity index (χ0n) is 12.4. The third-order valence-corrected chi connectivity index (χ3v) is 3.72. The van der Waals surface area contributed by atoms with Crippen molar-refractivity contribution in [1.82, 2.24) is 25.4 Å². The molecular weight excluding hydrogens is 296 g/mol. The predicted molar refractivity (Wildman–Crippen MR) is 80.3 cm³/mol. The van der Waals surface area contributed by atoms with Gasteiger partial charge in [-0.1, -0.05) is 11.2 Å². The lowest BCUT2D eigenvalue weighted by molar-refractivity contribution is 0.0988. The lowest BCUT2D eigenvalue weighted by Gasteiger charge is -2.06. The smallest absolute Gasteiger partial charge is 0.294 e. The largest absolute Gasteiger partial charge is 0.351 e. The minimum absolute atomic E-state index is 0.218. The molecule has 8 heteroatoms. The van der Waals surface area contributed by atoms with E-state index in [4.69, 9.17) is 4.52 Å². The summed E-state index contributed by atoms with van der Waals surface area (Å²) in [5, 5.41) is 18.1. The lowest BCUT2D eigenvalue weighted by Crippen LogP contribution is -2.11. The topological polar surface area (TPSA) is 98.7 Å². The Morgan fingerprint density at radius 3 is 2.96 bits per heavy atom. The fourth-order valence-electron chi connectivity index (χ4n) is 2.35.